The van der Waals surface area contributed by atoms with Crippen LogP contribution in [0.1, 0.15) is 45.3 Å². The molecule has 1 fully saturated rings. The van der Waals surface area contributed by atoms with E-state index in [1.165, 1.54) is 0 Å². The maximum atomic E-state index is 13.4. The zero-order valence-corrected chi connectivity index (χ0v) is 17.3. The highest BCUT2D eigenvalue weighted by Crippen LogP contribution is 2.34. The van der Waals surface area contributed by atoms with Gasteiger partial charge in [0, 0.05) is 47.0 Å². The molecule has 29 heavy (non-hydrogen) atoms. The lowest BCUT2D eigenvalue weighted by atomic mass is 9.98. The molecule has 1 N–H and O–H groups in total. The number of aromatic nitrogens is 3. The Morgan fingerprint density at radius 1 is 1.10 bits per heavy atom. The Kier molecular flexibility index (Phi) is 4.35. The van der Waals surface area contributed by atoms with Crippen molar-refractivity contribution < 1.29 is 4.79 Å². The number of aromatic amines is 1. The van der Waals surface area contributed by atoms with Crippen LogP contribution in [0.3, 0.4) is 0 Å². The second kappa shape index (κ2) is 6.91. The third-order valence-corrected chi connectivity index (χ3v) is 6.76. The van der Waals surface area contributed by atoms with Gasteiger partial charge in [-0.25, -0.2) is 9.97 Å². The van der Waals surface area contributed by atoms with Gasteiger partial charge in [0.05, 0.1) is 16.4 Å². The Morgan fingerprint density at radius 2 is 1.83 bits per heavy atom. The van der Waals surface area contributed by atoms with E-state index in [1.54, 1.807) is 18.3 Å². The highest BCUT2D eigenvalue weighted by atomic mass is 32.1. The quantitative estimate of drug-likeness (QED) is 0.708. The summed E-state index contributed by atoms with van der Waals surface area (Å²) in [5, 5.41) is 3.06. The average molecular weight is 407 g/mol. The number of fused-ring (bicyclic) bond motifs is 3. The minimum Gasteiger partial charge on any atom is -0.332 e. The van der Waals surface area contributed by atoms with E-state index in [0.29, 0.717) is 24.2 Å². The van der Waals surface area contributed by atoms with Crippen molar-refractivity contribution in [3.05, 3.63) is 67.7 Å². The van der Waals surface area contributed by atoms with Crippen LogP contribution >= 0.6 is 11.3 Å². The molecular weight excluding hydrogens is 384 g/mol. The standard InChI is InChI=1S/C22H22N4O2S/c1-12-23-19-10-17-8-7-16(9-18(19)21(27)24-12)26(17)22(28)15-5-3-14(4-6-15)20-11-29-13(2)25-20/h3-6,11,16-17H,7-10H2,1-2H3,(H,23,24,27)/t16-,17+/m1/s1. The van der Waals surface area contributed by atoms with Gasteiger partial charge < -0.3 is 9.88 Å². The van der Waals surface area contributed by atoms with Crippen LogP contribution in [0, 0.1) is 13.8 Å². The van der Waals surface area contributed by atoms with E-state index in [-0.39, 0.29) is 23.6 Å². The Labute approximate surface area is 172 Å². The minimum atomic E-state index is -0.0599. The molecule has 5 rings (SSSR count). The second-order valence-corrected chi connectivity index (χ2v) is 8.97. The molecule has 1 saturated heterocycles. The first-order chi connectivity index (χ1) is 14.0. The predicted molar refractivity (Wildman–Crippen MR) is 112 cm³/mol. The van der Waals surface area contributed by atoms with Gasteiger partial charge in [0.15, 0.2) is 0 Å². The van der Waals surface area contributed by atoms with Gasteiger partial charge in [0.2, 0.25) is 0 Å². The molecule has 0 saturated carbocycles. The van der Waals surface area contributed by atoms with Crippen LogP contribution < -0.4 is 5.56 Å². The fourth-order valence-corrected chi connectivity index (χ4v) is 5.25. The van der Waals surface area contributed by atoms with Gasteiger partial charge in [-0.15, -0.1) is 11.3 Å². The van der Waals surface area contributed by atoms with Crippen LogP contribution in [0.4, 0.5) is 0 Å². The summed E-state index contributed by atoms with van der Waals surface area (Å²) in [6, 6.07) is 7.86. The number of H-pyrrole nitrogens is 1. The van der Waals surface area contributed by atoms with Gasteiger partial charge in [0.1, 0.15) is 5.82 Å². The van der Waals surface area contributed by atoms with Gasteiger partial charge in [-0.3, -0.25) is 9.59 Å². The topological polar surface area (TPSA) is 79.0 Å². The summed E-state index contributed by atoms with van der Waals surface area (Å²) >= 11 is 1.62. The molecule has 2 bridgehead atoms. The van der Waals surface area contributed by atoms with Crippen molar-refractivity contribution in [2.24, 2.45) is 0 Å². The van der Waals surface area contributed by atoms with E-state index in [1.807, 2.05) is 41.5 Å². The molecule has 0 aliphatic carbocycles. The van der Waals surface area contributed by atoms with E-state index in [9.17, 15) is 9.59 Å². The van der Waals surface area contributed by atoms with E-state index >= 15 is 0 Å². The highest BCUT2D eigenvalue weighted by molar-refractivity contribution is 7.09. The molecule has 4 heterocycles. The summed E-state index contributed by atoms with van der Waals surface area (Å²) in [4.78, 5) is 39.7. The van der Waals surface area contributed by atoms with Crippen LogP contribution in [0.15, 0.2) is 34.4 Å². The SMILES string of the molecule is Cc1nc2c(c(=O)[nH]1)C[C@H]1CC[C@@H](C2)N1C(=O)c1ccc(-c2csc(C)n2)cc1. The number of nitrogens with one attached hydrogen (secondary N) is 1. The summed E-state index contributed by atoms with van der Waals surface area (Å²) in [5.41, 5.74) is 4.18. The fraction of sp³-hybridized carbons (Fsp3) is 0.364. The summed E-state index contributed by atoms with van der Waals surface area (Å²) in [5.74, 6) is 0.678. The maximum Gasteiger partial charge on any atom is 0.254 e. The first kappa shape index (κ1) is 18.2. The predicted octanol–water partition coefficient (Wildman–Crippen LogP) is 3.28. The van der Waals surface area contributed by atoms with Crippen LogP contribution in [0.25, 0.3) is 11.3 Å². The number of carbonyl (C=O) groups excluding carboxylic acids is 1. The van der Waals surface area contributed by atoms with Crippen molar-refractivity contribution in [1.82, 2.24) is 19.9 Å². The molecule has 148 valence electrons. The number of thiazole rings is 1. The number of rotatable bonds is 2. The molecular formula is C22H22N4O2S. The van der Waals surface area contributed by atoms with Crippen LogP contribution in [0.2, 0.25) is 0 Å². The third-order valence-electron chi connectivity index (χ3n) is 5.99. The van der Waals surface area contributed by atoms with Crippen LogP contribution in [-0.2, 0) is 12.8 Å². The van der Waals surface area contributed by atoms with Crippen molar-refractivity contribution in [3.8, 4) is 11.3 Å². The van der Waals surface area contributed by atoms with Gasteiger partial charge in [0.25, 0.3) is 11.5 Å². The van der Waals surface area contributed by atoms with Crippen molar-refractivity contribution >= 4 is 17.2 Å². The highest BCUT2D eigenvalue weighted by Gasteiger charge is 2.41. The number of hydrogen-bond acceptors (Lipinski definition) is 5. The molecule has 1 aromatic carbocycles. The first-order valence-corrected chi connectivity index (χ1v) is 10.8. The molecule has 0 radical (unpaired) electrons. The lowest BCUT2D eigenvalue weighted by Gasteiger charge is -2.28. The van der Waals surface area contributed by atoms with Crippen LogP contribution in [-0.4, -0.2) is 37.8 Å². The van der Waals surface area contributed by atoms with E-state index in [4.69, 9.17) is 0 Å². The summed E-state index contributed by atoms with van der Waals surface area (Å²) in [6.07, 6.45) is 3.12. The first-order valence-electron chi connectivity index (χ1n) is 9.93. The number of nitrogens with zero attached hydrogens (tertiary/aromatic N) is 3. The number of hydrogen-bond donors (Lipinski definition) is 1. The molecule has 2 aliphatic heterocycles. The number of carbonyl (C=O) groups is 1. The minimum absolute atomic E-state index is 0.0412. The summed E-state index contributed by atoms with van der Waals surface area (Å²) in [6.45, 7) is 3.79. The Bertz CT molecular complexity index is 1150. The largest absolute Gasteiger partial charge is 0.332 e. The van der Waals surface area contributed by atoms with E-state index < -0.39 is 0 Å². The molecule has 1 amide bonds. The molecule has 3 aromatic rings. The van der Waals surface area contributed by atoms with Crippen molar-refractivity contribution in [2.45, 2.75) is 51.6 Å². The third kappa shape index (κ3) is 3.19. The summed E-state index contributed by atoms with van der Waals surface area (Å²) < 4.78 is 0. The number of benzene rings is 1. The van der Waals surface area contributed by atoms with E-state index in [2.05, 4.69) is 15.0 Å². The fourth-order valence-electron chi connectivity index (χ4n) is 4.63. The Balaban J connectivity index is 1.43. The zero-order chi connectivity index (χ0) is 20.1. The zero-order valence-electron chi connectivity index (χ0n) is 16.4. The molecule has 2 atom stereocenters. The number of aryl methyl sites for hydroxylation is 2. The molecule has 7 heteroatoms. The smallest absolute Gasteiger partial charge is 0.254 e. The normalized spacial score (nSPS) is 20.4. The molecule has 0 spiro atoms. The lowest BCUT2D eigenvalue weighted by molar-refractivity contribution is 0.0673. The van der Waals surface area contributed by atoms with Crippen molar-refractivity contribution in [1.29, 1.82) is 0 Å². The van der Waals surface area contributed by atoms with Crippen molar-refractivity contribution in [2.75, 3.05) is 0 Å². The monoisotopic (exact) mass is 406 g/mol. The maximum absolute atomic E-state index is 13.4. The van der Waals surface area contributed by atoms with Gasteiger partial charge in [-0.2, -0.15) is 0 Å². The second-order valence-electron chi connectivity index (χ2n) is 7.91. The van der Waals surface area contributed by atoms with Gasteiger partial charge >= 0.3 is 0 Å². The summed E-state index contributed by atoms with van der Waals surface area (Å²) in [7, 11) is 0. The average Bonchev–Trinajstić information content (AvgIpc) is 3.25. The molecule has 2 aromatic heterocycles. The molecule has 0 unspecified atom stereocenters. The van der Waals surface area contributed by atoms with Crippen molar-refractivity contribution in [3.63, 3.8) is 0 Å². The molecule has 6 nitrogen and oxygen atoms in total. The Morgan fingerprint density at radius 3 is 2.52 bits per heavy atom. The van der Waals surface area contributed by atoms with Crippen LogP contribution in [0.5, 0.6) is 0 Å². The van der Waals surface area contributed by atoms with Gasteiger partial charge in [-0.05, 0) is 38.8 Å². The lowest BCUT2D eigenvalue weighted by Crippen LogP contribution is -2.41. The number of amides is 1. The Hall–Kier alpha value is -2.80. The molecule has 2 aliphatic rings. The van der Waals surface area contributed by atoms with Gasteiger partial charge in [-0.1, -0.05) is 12.1 Å². The van der Waals surface area contributed by atoms with E-state index in [0.717, 1.165) is 40.4 Å².